The van der Waals surface area contributed by atoms with Gasteiger partial charge in [0.25, 0.3) is 11.6 Å². The number of fused-ring (bicyclic) bond motifs is 2. The molecule has 1 aromatic carbocycles. The van der Waals surface area contributed by atoms with Crippen molar-refractivity contribution in [2.24, 2.45) is 10.8 Å². The van der Waals surface area contributed by atoms with Gasteiger partial charge in [-0.05, 0) is 50.8 Å². The summed E-state index contributed by atoms with van der Waals surface area (Å²) in [5.74, 6) is -0.882. The summed E-state index contributed by atoms with van der Waals surface area (Å²) in [5, 5.41) is 14.0. The SMILES string of the molecule is Cc1cc(NC(=O)C23CCC(C)(C(=O)O2)C3(C)C)c([N+](=O)[O-])cc1C. The third-order valence-corrected chi connectivity index (χ3v) is 6.51. The Morgan fingerprint density at radius 1 is 1.20 bits per heavy atom. The van der Waals surface area contributed by atoms with Gasteiger partial charge < -0.3 is 10.1 Å². The largest absolute Gasteiger partial charge is 0.448 e. The van der Waals surface area contributed by atoms with Crippen LogP contribution in [-0.2, 0) is 14.3 Å². The maximum atomic E-state index is 13.1. The molecule has 0 spiro atoms. The van der Waals surface area contributed by atoms with Gasteiger partial charge in [0.15, 0.2) is 5.60 Å². The van der Waals surface area contributed by atoms with Crippen LogP contribution in [0.2, 0.25) is 0 Å². The van der Waals surface area contributed by atoms with Crippen LogP contribution in [-0.4, -0.2) is 22.4 Å². The maximum Gasteiger partial charge on any atom is 0.313 e. The first-order chi connectivity index (χ1) is 11.5. The summed E-state index contributed by atoms with van der Waals surface area (Å²) in [6, 6.07) is 3.02. The quantitative estimate of drug-likeness (QED) is 0.514. The molecule has 1 saturated heterocycles. The number of amides is 1. The number of nitro benzene ring substituents is 1. The molecule has 7 heteroatoms. The van der Waals surface area contributed by atoms with E-state index in [1.54, 1.807) is 13.0 Å². The Hall–Kier alpha value is -2.44. The lowest BCUT2D eigenvalue weighted by molar-refractivity contribution is -0.384. The monoisotopic (exact) mass is 346 g/mol. The van der Waals surface area contributed by atoms with Gasteiger partial charge >= 0.3 is 5.97 Å². The molecule has 25 heavy (non-hydrogen) atoms. The fourth-order valence-corrected chi connectivity index (χ4v) is 4.02. The molecule has 134 valence electrons. The summed E-state index contributed by atoms with van der Waals surface area (Å²) >= 11 is 0. The summed E-state index contributed by atoms with van der Waals surface area (Å²) in [6.07, 6.45) is 0.966. The van der Waals surface area contributed by atoms with Crippen LogP contribution in [0.4, 0.5) is 11.4 Å². The van der Waals surface area contributed by atoms with Crippen molar-refractivity contribution in [3.8, 4) is 0 Å². The average Bonchev–Trinajstić information content (AvgIpc) is 2.80. The first-order valence-electron chi connectivity index (χ1n) is 8.27. The van der Waals surface area contributed by atoms with Gasteiger partial charge in [-0.1, -0.05) is 13.8 Å². The molecule has 1 aliphatic carbocycles. The molecule has 2 fully saturated rings. The van der Waals surface area contributed by atoms with Crippen molar-refractivity contribution < 1.29 is 19.2 Å². The van der Waals surface area contributed by atoms with Crippen LogP contribution >= 0.6 is 0 Å². The second-order valence-corrected chi connectivity index (χ2v) is 7.84. The Bertz CT molecular complexity index is 816. The Labute approximate surface area is 145 Å². The van der Waals surface area contributed by atoms with E-state index in [0.717, 1.165) is 11.1 Å². The van der Waals surface area contributed by atoms with Gasteiger partial charge in [0, 0.05) is 11.5 Å². The number of carbonyl (C=O) groups excluding carboxylic acids is 2. The van der Waals surface area contributed by atoms with Crippen molar-refractivity contribution in [1.29, 1.82) is 0 Å². The van der Waals surface area contributed by atoms with E-state index in [-0.39, 0.29) is 17.3 Å². The second-order valence-electron chi connectivity index (χ2n) is 7.84. The molecular formula is C18H22N2O5. The first kappa shape index (κ1) is 17.4. The number of aryl methyl sites for hydroxylation is 2. The average molecular weight is 346 g/mol. The van der Waals surface area contributed by atoms with E-state index >= 15 is 0 Å². The highest BCUT2D eigenvalue weighted by Crippen LogP contribution is 2.65. The molecule has 2 aliphatic rings. The number of esters is 1. The van der Waals surface area contributed by atoms with E-state index in [2.05, 4.69) is 5.32 Å². The molecule has 1 heterocycles. The Kier molecular flexibility index (Phi) is 3.50. The fraction of sp³-hybridized carbons (Fsp3) is 0.556. The van der Waals surface area contributed by atoms with E-state index in [1.807, 2.05) is 27.7 Å². The topological polar surface area (TPSA) is 98.5 Å². The minimum Gasteiger partial charge on any atom is -0.448 e. The number of nitrogens with one attached hydrogen (secondary N) is 1. The predicted molar refractivity (Wildman–Crippen MR) is 91.1 cm³/mol. The summed E-state index contributed by atoms with van der Waals surface area (Å²) in [6.45, 7) is 9.10. The van der Waals surface area contributed by atoms with Crippen molar-refractivity contribution >= 4 is 23.3 Å². The normalized spacial score (nSPS) is 29.4. The van der Waals surface area contributed by atoms with Crippen LogP contribution in [0.25, 0.3) is 0 Å². The number of anilines is 1. The number of nitro groups is 1. The van der Waals surface area contributed by atoms with Gasteiger partial charge in [0.1, 0.15) is 5.69 Å². The first-order valence-corrected chi connectivity index (χ1v) is 8.27. The maximum absolute atomic E-state index is 13.1. The zero-order chi connectivity index (χ0) is 18.8. The Balaban J connectivity index is 2.01. The minimum atomic E-state index is -1.30. The van der Waals surface area contributed by atoms with Gasteiger partial charge in [-0.15, -0.1) is 0 Å². The number of nitrogens with zero attached hydrogens (tertiary/aromatic N) is 1. The molecule has 1 aromatic rings. The van der Waals surface area contributed by atoms with E-state index in [0.29, 0.717) is 12.8 Å². The van der Waals surface area contributed by atoms with E-state index < -0.39 is 27.3 Å². The number of ether oxygens (including phenoxy) is 1. The fourth-order valence-electron chi connectivity index (χ4n) is 4.02. The summed E-state index contributed by atoms with van der Waals surface area (Å²) in [5.41, 5.74) is -1.17. The highest BCUT2D eigenvalue weighted by molar-refractivity contribution is 6.04. The molecule has 1 aliphatic heterocycles. The minimum absolute atomic E-state index is 0.125. The van der Waals surface area contributed by atoms with Crippen molar-refractivity contribution in [3.63, 3.8) is 0 Å². The molecule has 7 nitrogen and oxygen atoms in total. The Morgan fingerprint density at radius 3 is 2.28 bits per heavy atom. The van der Waals surface area contributed by atoms with Crippen molar-refractivity contribution in [2.45, 2.75) is 53.1 Å². The second kappa shape index (κ2) is 5.03. The van der Waals surface area contributed by atoms with Gasteiger partial charge in [-0.2, -0.15) is 0 Å². The molecule has 1 amide bonds. The van der Waals surface area contributed by atoms with Gasteiger partial charge in [0.2, 0.25) is 0 Å². The molecular weight excluding hydrogens is 324 g/mol. The number of carbonyl (C=O) groups is 2. The van der Waals surface area contributed by atoms with Gasteiger partial charge in [0.05, 0.1) is 10.3 Å². The molecule has 3 rings (SSSR count). The van der Waals surface area contributed by atoms with Crippen LogP contribution in [0.1, 0.15) is 44.7 Å². The van der Waals surface area contributed by atoms with Crippen LogP contribution in [0.3, 0.4) is 0 Å². The molecule has 1 saturated carbocycles. The van der Waals surface area contributed by atoms with Gasteiger partial charge in [-0.3, -0.25) is 19.7 Å². The summed E-state index contributed by atoms with van der Waals surface area (Å²) in [4.78, 5) is 36.2. The molecule has 2 unspecified atom stereocenters. The Morgan fingerprint density at radius 2 is 1.80 bits per heavy atom. The summed E-state index contributed by atoms with van der Waals surface area (Å²) in [7, 11) is 0. The van der Waals surface area contributed by atoms with E-state index in [9.17, 15) is 19.7 Å². The predicted octanol–water partition coefficient (Wildman–Crippen LogP) is 3.27. The lowest BCUT2D eigenvalue weighted by Gasteiger charge is -2.35. The number of rotatable bonds is 3. The van der Waals surface area contributed by atoms with Crippen LogP contribution < -0.4 is 5.32 Å². The molecule has 0 radical (unpaired) electrons. The van der Waals surface area contributed by atoms with Crippen molar-refractivity contribution in [1.82, 2.24) is 0 Å². The highest BCUT2D eigenvalue weighted by atomic mass is 16.6. The third-order valence-electron chi connectivity index (χ3n) is 6.51. The zero-order valence-electron chi connectivity index (χ0n) is 15.1. The van der Waals surface area contributed by atoms with E-state index in [4.69, 9.17) is 4.74 Å². The lowest BCUT2D eigenvalue weighted by Crippen LogP contribution is -2.50. The molecule has 2 atom stereocenters. The van der Waals surface area contributed by atoms with Crippen molar-refractivity contribution in [2.75, 3.05) is 5.32 Å². The van der Waals surface area contributed by atoms with Crippen molar-refractivity contribution in [3.05, 3.63) is 33.4 Å². The molecule has 1 N–H and O–H groups in total. The van der Waals surface area contributed by atoms with E-state index in [1.165, 1.54) is 6.07 Å². The standard InChI is InChI=1S/C18H22N2O5/c1-10-8-12(13(20(23)24)9-11(10)2)19-14(21)18-7-6-17(5,15(22)25-18)16(18,3)4/h8-9H,6-7H2,1-5H3,(H,19,21). The van der Waals surface area contributed by atoms with Crippen LogP contribution in [0, 0.1) is 34.8 Å². The molecule has 2 bridgehead atoms. The van der Waals surface area contributed by atoms with Gasteiger partial charge in [-0.25, -0.2) is 0 Å². The highest BCUT2D eigenvalue weighted by Gasteiger charge is 2.75. The number of benzene rings is 1. The zero-order valence-corrected chi connectivity index (χ0v) is 15.1. The summed E-state index contributed by atoms with van der Waals surface area (Å²) < 4.78 is 5.53. The van der Waals surface area contributed by atoms with Crippen LogP contribution in [0.15, 0.2) is 12.1 Å². The number of hydrogen-bond donors (Lipinski definition) is 1. The third kappa shape index (κ3) is 2.04. The van der Waals surface area contributed by atoms with Crippen LogP contribution in [0.5, 0.6) is 0 Å². The lowest BCUT2D eigenvalue weighted by atomic mass is 9.66. The molecule has 0 aromatic heterocycles. The smallest absolute Gasteiger partial charge is 0.313 e. The number of hydrogen-bond acceptors (Lipinski definition) is 5.